The predicted octanol–water partition coefficient (Wildman–Crippen LogP) is 3.86. The van der Waals surface area contributed by atoms with E-state index in [0.717, 1.165) is 12.1 Å². The minimum Gasteiger partial charge on any atom is -0.357 e. The molecule has 0 unspecified atom stereocenters. The molecule has 132 valence electrons. The lowest BCUT2D eigenvalue weighted by molar-refractivity contribution is 0.380. The molecule has 0 saturated heterocycles. The molecular formula is C16H23ClIN5O. The Balaban J connectivity index is 0.00000288. The van der Waals surface area contributed by atoms with Crippen LogP contribution in [-0.4, -0.2) is 28.2 Å². The molecule has 2 N–H and O–H groups in total. The van der Waals surface area contributed by atoms with Crippen LogP contribution in [0, 0.1) is 0 Å². The van der Waals surface area contributed by atoms with Gasteiger partial charge in [-0.05, 0) is 39.8 Å². The number of guanidine groups is 1. The van der Waals surface area contributed by atoms with Gasteiger partial charge in [-0.15, -0.1) is 24.0 Å². The molecule has 1 aromatic carbocycles. The number of nitrogens with zero attached hydrogens (tertiary/aromatic N) is 3. The Kier molecular flexibility index (Phi) is 7.95. The number of aliphatic imine (C=N–C) groups is 1. The van der Waals surface area contributed by atoms with Gasteiger partial charge in [0.25, 0.3) is 0 Å². The molecule has 2 rings (SSSR count). The summed E-state index contributed by atoms with van der Waals surface area (Å²) in [5, 5.41) is 11.1. The van der Waals surface area contributed by atoms with Crippen molar-refractivity contribution in [3.63, 3.8) is 0 Å². The third kappa shape index (κ3) is 6.64. The summed E-state index contributed by atoms with van der Waals surface area (Å²) in [6.07, 6.45) is 0. The first-order chi connectivity index (χ1) is 10.9. The van der Waals surface area contributed by atoms with Gasteiger partial charge < -0.3 is 15.2 Å². The zero-order valence-corrected chi connectivity index (χ0v) is 17.3. The van der Waals surface area contributed by atoms with Crippen molar-refractivity contribution in [2.45, 2.75) is 39.8 Å². The normalized spacial score (nSPS) is 11.8. The Bertz CT molecular complexity index is 681. The smallest absolute Gasteiger partial charge is 0.248 e. The molecule has 0 aliphatic heterocycles. The summed E-state index contributed by atoms with van der Waals surface area (Å²) in [5.41, 5.74) is 0.734. The molecule has 0 aliphatic rings. The van der Waals surface area contributed by atoms with Gasteiger partial charge in [0, 0.05) is 22.7 Å². The summed E-state index contributed by atoms with van der Waals surface area (Å²) in [6, 6.07) is 7.33. The van der Waals surface area contributed by atoms with Crippen LogP contribution < -0.4 is 10.6 Å². The van der Waals surface area contributed by atoms with Crippen LogP contribution in [-0.2, 0) is 6.54 Å². The van der Waals surface area contributed by atoms with Gasteiger partial charge in [-0.3, -0.25) is 0 Å². The monoisotopic (exact) mass is 463 g/mol. The Hall–Kier alpha value is -1.35. The molecule has 0 fully saturated rings. The van der Waals surface area contributed by atoms with Crippen LogP contribution in [0.15, 0.2) is 33.8 Å². The fourth-order valence-electron chi connectivity index (χ4n) is 1.87. The first-order valence-electron chi connectivity index (χ1n) is 7.52. The summed E-state index contributed by atoms with van der Waals surface area (Å²) in [6.45, 7) is 9.32. The third-order valence-corrected chi connectivity index (χ3v) is 3.00. The lowest BCUT2D eigenvalue weighted by atomic mass is 10.1. The maximum absolute atomic E-state index is 5.98. The standard InChI is InChI=1S/C16H22ClN5O.HI/c1-5-18-15(21-16(2,3)4)19-10-13-20-14(22-23-13)11-7-6-8-12(17)9-11;/h6-9H,5,10H2,1-4H3,(H2,18,19,21);1H. The average molecular weight is 464 g/mol. The summed E-state index contributed by atoms with van der Waals surface area (Å²) < 4.78 is 5.25. The Morgan fingerprint density at radius 2 is 2.08 bits per heavy atom. The minimum atomic E-state index is -0.0816. The van der Waals surface area contributed by atoms with Gasteiger partial charge in [0.2, 0.25) is 11.7 Å². The van der Waals surface area contributed by atoms with Gasteiger partial charge in [0.05, 0.1) is 0 Å². The van der Waals surface area contributed by atoms with Crippen molar-refractivity contribution < 1.29 is 4.52 Å². The third-order valence-electron chi connectivity index (χ3n) is 2.76. The largest absolute Gasteiger partial charge is 0.357 e. The average Bonchev–Trinajstić information content (AvgIpc) is 2.92. The van der Waals surface area contributed by atoms with Crippen molar-refractivity contribution in [1.29, 1.82) is 0 Å². The summed E-state index contributed by atoms with van der Waals surface area (Å²) in [4.78, 5) is 8.82. The molecule has 0 aliphatic carbocycles. The van der Waals surface area contributed by atoms with E-state index in [1.54, 1.807) is 12.1 Å². The van der Waals surface area contributed by atoms with Crippen molar-refractivity contribution in [3.05, 3.63) is 35.2 Å². The van der Waals surface area contributed by atoms with Gasteiger partial charge in [0.1, 0.15) is 6.54 Å². The summed E-state index contributed by atoms with van der Waals surface area (Å²) in [5.74, 6) is 1.67. The Morgan fingerprint density at radius 1 is 1.33 bits per heavy atom. The van der Waals surface area contributed by atoms with E-state index in [4.69, 9.17) is 16.1 Å². The fraction of sp³-hybridized carbons (Fsp3) is 0.438. The molecule has 8 heteroatoms. The van der Waals surface area contributed by atoms with E-state index in [0.29, 0.717) is 29.2 Å². The highest BCUT2D eigenvalue weighted by atomic mass is 127. The highest BCUT2D eigenvalue weighted by molar-refractivity contribution is 14.0. The SMILES string of the molecule is CCNC(=NCc1nc(-c2cccc(Cl)c2)no1)NC(C)(C)C.I. The molecule has 24 heavy (non-hydrogen) atoms. The van der Waals surface area contributed by atoms with Crippen molar-refractivity contribution in [2.24, 2.45) is 4.99 Å². The van der Waals surface area contributed by atoms with E-state index in [1.165, 1.54) is 0 Å². The van der Waals surface area contributed by atoms with E-state index >= 15 is 0 Å². The van der Waals surface area contributed by atoms with E-state index < -0.39 is 0 Å². The number of aromatic nitrogens is 2. The lowest BCUT2D eigenvalue weighted by Gasteiger charge is -2.23. The molecule has 0 amide bonds. The lowest BCUT2D eigenvalue weighted by Crippen LogP contribution is -2.47. The number of halogens is 2. The maximum atomic E-state index is 5.98. The molecular weight excluding hydrogens is 441 g/mol. The molecule has 6 nitrogen and oxygen atoms in total. The number of hydrogen-bond donors (Lipinski definition) is 2. The topological polar surface area (TPSA) is 75.3 Å². The molecule has 1 heterocycles. The van der Waals surface area contributed by atoms with Crippen LogP contribution in [0.2, 0.25) is 5.02 Å². The maximum Gasteiger partial charge on any atom is 0.248 e. The van der Waals surface area contributed by atoms with E-state index in [2.05, 4.69) is 46.5 Å². The van der Waals surface area contributed by atoms with Gasteiger partial charge in [-0.25, -0.2) is 4.99 Å². The zero-order valence-electron chi connectivity index (χ0n) is 14.3. The molecule has 0 radical (unpaired) electrons. The van der Waals surface area contributed by atoms with Crippen molar-refractivity contribution in [1.82, 2.24) is 20.8 Å². The van der Waals surface area contributed by atoms with Crippen LogP contribution in [0.3, 0.4) is 0 Å². The zero-order chi connectivity index (χ0) is 16.9. The Labute approximate surface area is 164 Å². The van der Waals surface area contributed by atoms with Crippen LogP contribution in [0.25, 0.3) is 11.4 Å². The number of rotatable bonds is 4. The molecule has 0 spiro atoms. The number of hydrogen-bond acceptors (Lipinski definition) is 4. The van der Waals surface area contributed by atoms with E-state index in [9.17, 15) is 0 Å². The predicted molar refractivity (Wildman–Crippen MR) is 108 cm³/mol. The molecule has 0 bridgehead atoms. The molecule has 2 aromatic rings. The number of nitrogens with one attached hydrogen (secondary N) is 2. The second kappa shape index (κ2) is 9.22. The first kappa shape index (κ1) is 20.7. The van der Waals surface area contributed by atoms with Crippen LogP contribution >= 0.6 is 35.6 Å². The number of benzene rings is 1. The molecule has 0 saturated carbocycles. The van der Waals surface area contributed by atoms with Crippen molar-refractivity contribution in [2.75, 3.05) is 6.54 Å². The van der Waals surface area contributed by atoms with Gasteiger partial charge in [-0.1, -0.05) is 28.9 Å². The minimum absolute atomic E-state index is 0. The Morgan fingerprint density at radius 3 is 2.71 bits per heavy atom. The molecule has 0 atom stereocenters. The van der Waals surface area contributed by atoms with Crippen molar-refractivity contribution in [3.8, 4) is 11.4 Å². The highest BCUT2D eigenvalue weighted by Crippen LogP contribution is 2.20. The van der Waals surface area contributed by atoms with Crippen molar-refractivity contribution >= 4 is 41.5 Å². The van der Waals surface area contributed by atoms with Crippen LogP contribution in [0.4, 0.5) is 0 Å². The van der Waals surface area contributed by atoms with E-state index in [1.807, 2.05) is 19.1 Å². The van der Waals surface area contributed by atoms with Gasteiger partial charge in [-0.2, -0.15) is 4.98 Å². The van der Waals surface area contributed by atoms with Gasteiger partial charge in [0.15, 0.2) is 5.96 Å². The molecule has 1 aromatic heterocycles. The van der Waals surface area contributed by atoms with Crippen LogP contribution in [0.1, 0.15) is 33.6 Å². The quantitative estimate of drug-likeness (QED) is 0.409. The summed E-state index contributed by atoms with van der Waals surface area (Å²) in [7, 11) is 0. The summed E-state index contributed by atoms with van der Waals surface area (Å²) >= 11 is 5.98. The second-order valence-corrected chi connectivity index (χ2v) is 6.53. The fourth-order valence-corrected chi connectivity index (χ4v) is 2.06. The first-order valence-corrected chi connectivity index (χ1v) is 7.90. The van der Waals surface area contributed by atoms with Gasteiger partial charge >= 0.3 is 0 Å². The highest BCUT2D eigenvalue weighted by Gasteiger charge is 2.13. The van der Waals surface area contributed by atoms with E-state index in [-0.39, 0.29) is 29.5 Å². The second-order valence-electron chi connectivity index (χ2n) is 6.09. The van der Waals surface area contributed by atoms with Crippen LogP contribution in [0.5, 0.6) is 0 Å².